The maximum absolute atomic E-state index is 10.6. The third-order valence-electron chi connectivity index (χ3n) is 1.40. The maximum Gasteiger partial charge on any atom is 0.130 e. The number of nitrogens with zero attached hydrogens (tertiary/aromatic N) is 1. The first-order chi connectivity index (χ1) is 5.18. The van der Waals surface area contributed by atoms with Crippen LogP contribution in [0.2, 0.25) is 0 Å². The largest absolute Gasteiger partial charge is 0.300 e. The molecule has 60 valence electrons. The van der Waals surface area contributed by atoms with Gasteiger partial charge in [-0.05, 0) is 20.3 Å². The number of ketones is 1. The summed E-state index contributed by atoms with van der Waals surface area (Å²) in [5, 5.41) is 3.08. The predicted molar refractivity (Wildman–Crippen MR) is 45.9 cm³/mol. The van der Waals surface area contributed by atoms with Crippen molar-refractivity contribution in [3.63, 3.8) is 0 Å². The third kappa shape index (κ3) is 2.80. The molecule has 2 nitrogen and oxygen atoms in total. The molecule has 11 heavy (non-hydrogen) atoms. The Morgan fingerprint density at radius 2 is 2.45 bits per heavy atom. The van der Waals surface area contributed by atoms with Crippen LogP contribution < -0.4 is 0 Å². The van der Waals surface area contributed by atoms with Crippen molar-refractivity contribution < 1.29 is 4.79 Å². The van der Waals surface area contributed by atoms with Crippen LogP contribution in [0.5, 0.6) is 0 Å². The molecular formula is C8H11NOS. The van der Waals surface area contributed by atoms with Gasteiger partial charge in [0.2, 0.25) is 0 Å². The summed E-state index contributed by atoms with van der Waals surface area (Å²) >= 11 is 1.63. The minimum atomic E-state index is 0.232. The average molecular weight is 169 g/mol. The van der Waals surface area contributed by atoms with Gasteiger partial charge in [-0.15, -0.1) is 11.3 Å². The van der Waals surface area contributed by atoms with E-state index in [4.69, 9.17) is 0 Å². The summed E-state index contributed by atoms with van der Waals surface area (Å²) in [7, 11) is 0. The Morgan fingerprint density at radius 3 is 2.91 bits per heavy atom. The molecular weight excluding hydrogens is 158 g/mol. The first-order valence-electron chi connectivity index (χ1n) is 3.59. The van der Waals surface area contributed by atoms with Gasteiger partial charge in [-0.1, -0.05) is 0 Å². The molecule has 0 aliphatic carbocycles. The molecule has 1 aromatic rings. The van der Waals surface area contributed by atoms with Gasteiger partial charge in [0.25, 0.3) is 0 Å². The molecule has 3 heteroatoms. The van der Waals surface area contributed by atoms with Crippen molar-refractivity contribution in [2.24, 2.45) is 0 Å². The predicted octanol–water partition coefficient (Wildman–Crippen LogP) is 1.97. The Labute approximate surface area is 70.3 Å². The van der Waals surface area contributed by atoms with E-state index in [1.807, 2.05) is 12.3 Å². The summed E-state index contributed by atoms with van der Waals surface area (Å²) in [6, 6.07) is 0. The second-order valence-corrected chi connectivity index (χ2v) is 3.62. The molecule has 0 unspecified atom stereocenters. The smallest absolute Gasteiger partial charge is 0.130 e. The zero-order chi connectivity index (χ0) is 8.27. The zero-order valence-corrected chi connectivity index (χ0v) is 7.57. The van der Waals surface area contributed by atoms with Crippen LogP contribution >= 0.6 is 11.3 Å². The fourth-order valence-electron chi connectivity index (χ4n) is 0.827. The van der Waals surface area contributed by atoms with Gasteiger partial charge in [-0.25, -0.2) is 4.98 Å². The molecule has 0 atom stereocenters. The summed E-state index contributed by atoms with van der Waals surface area (Å²) < 4.78 is 0. The Balaban J connectivity index is 2.45. The van der Waals surface area contributed by atoms with E-state index in [0.29, 0.717) is 6.42 Å². The van der Waals surface area contributed by atoms with E-state index in [1.54, 1.807) is 18.3 Å². The van der Waals surface area contributed by atoms with Gasteiger partial charge in [0, 0.05) is 11.8 Å². The lowest BCUT2D eigenvalue weighted by Crippen LogP contribution is -1.93. The summed E-state index contributed by atoms with van der Waals surface area (Å²) in [5.74, 6) is 0.232. The summed E-state index contributed by atoms with van der Waals surface area (Å²) in [6.07, 6.45) is 1.41. The van der Waals surface area contributed by atoms with E-state index >= 15 is 0 Å². The molecule has 0 radical (unpaired) electrons. The van der Waals surface area contributed by atoms with E-state index < -0.39 is 0 Å². The molecule has 1 heterocycles. The highest BCUT2D eigenvalue weighted by molar-refractivity contribution is 7.09. The van der Waals surface area contributed by atoms with Crippen LogP contribution in [0.15, 0.2) is 5.38 Å². The number of rotatable bonds is 3. The van der Waals surface area contributed by atoms with Crippen molar-refractivity contribution in [3.8, 4) is 0 Å². The number of carbonyl (C=O) groups is 1. The van der Waals surface area contributed by atoms with Gasteiger partial charge in [-0.2, -0.15) is 0 Å². The molecule has 0 fully saturated rings. The van der Waals surface area contributed by atoms with E-state index in [-0.39, 0.29) is 5.78 Å². The van der Waals surface area contributed by atoms with Gasteiger partial charge >= 0.3 is 0 Å². The van der Waals surface area contributed by atoms with Crippen molar-refractivity contribution in [2.75, 3.05) is 0 Å². The molecule has 0 spiro atoms. The lowest BCUT2D eigenvalue weighted by atomic mass is 10.2. The van der Waals surface area contributed by atoms with Crippen molar-refractivity contribution in [1.29, 1.82) is 0 Å². The number of aryl methyl sites for hydroxylation is 2. The minimum absolute atomic E-state index is 0.232. The molecule has 0 aliphatic rings. The van der Waals surface area contributed by atoms with Crippen molar-refractivity contribution in [3.05, 3.63) is 16.1 Å². The third-order valence-corrected chi connectivity index (χ3v) is 2.22. The molecule has 0 aromatic carbocycles. The van der Waals surface area contributed by atoms with Gasteiger partial charge in [0.1, 0.15) is 5.78 Å². The van der Waals surface area contributed by atoms with Crippen LogP contribution in [0, 0.1) is 6.92 Å². The number of hydrogen-bond donors (Lipinski definition) is 0. The molecule has 0 bridgehead atoms. The summed E-state index contributed by atoms with van der Waals surface area (Å²) in [6.45, 7) is 3.58. The number of carbonyl (C=O) groups excluding carboxylic acids is 1. The van der Waals surface area contributed by atoms with Crippen molar-refractivity contribution in [1.82, 2.24) is 4.98 Å². The van der Waals surface area contributed by atoms with Crippen LogP contribution in [0.1, 0.15) is 24.0 Å². The molecule has 0 saturated carbocycles. The van der Waals surface area contributed by atoms with E-state index in [0.717, 1.165) is 17.1 Å². The molecule has 1 aromatic heterocycles. The second kappa shape index (κ2) is 3.62. The first-order valence-corrected chi connectivity index (χ1v) is 4.47. The van der Waals surface area contributed by atoms with Crippen LogP contribution in [-0.2, 0) is 11.2 Å². The Hall–Kier alpha value is -0.700. The lowest BCUT2D eigenvalue weighted by Gasteiger charge is -1.90. The van der Waals surface area contributed by atoms with Crippen molar-refractivity contribution in [2.45, 2.75) is 26.7 Å². The van der Waals surface area contributed by atoms with Gasteiger partial charge in [-0.3, -0.25) is 0 Å². The van der Waals surface area contributed by atoms with E-state index in [2.05, 4.69) is 4.98 Å². The van der Waals surface area contributed by atoms with Gasteiger partial charge in [0.05, 0.1) is 10.7 Å². The van der Waals surface area contributed by atoms with E-state index in [9.17, 15) is 4.79 Å². The molecule has 0 saturated heterocycles. The summed E-state index contributed by atoms with van der Waals surface area (Å²) in [4.78, 5) is 14.8. The van der Waals surface area contributed by atoms with Gasteiger partial charge in [0.15, 0.2) is 0 Å². The topological polar surface area (TPSA) is 30.0 Å². The standard InChI is InChI=1S/C8H11NOS/c1-6(10)3-4-8-5-11-7(2)9-8/h5H,3-4H2,1-2H3. The number of Topliss-reactive ketones (excluding diaryl/α,β-unsaturated/α-hetero) is 1. The fourth-order valence-corrected chi connectivity index (χ4v) is 1.47. The Morgan fingerprint density at radius 1 is 1.73 bits per heavy atom. The normalized spacial score (nSPS) is 10.0. The zero-order valence-electron chi connectivity index (χ0n) is 6.76. The van der Waals surface area contributed by atoms with Crippen LogP contribution in [0.25, 0.3) is 0 Å². The Bertz CT molecular complexity index is 254. The maximum atomic E-state index is 10.6. The Kier molecular flexibility index (Phi) is 2.76. The second-order valence-electron chi connectivity index (χ2n) is 2.56. The van der Waals surface area contributed by atoms with Crippen LogP contribution in [0.3, 0.4) is 0 Å². The van der Waals surface area contributed by atoms with Crippen molar-refractivity contribution >= 4 is 17.1 Å². The van der Waals surface area contributed by atoms with Gasteiger partial charge < -0.3 is 4.79 Å². The molecule has 0 amide bonds. The van der Waals surface area contributed by atoms with E-state index in [1.165, 1.54) is 0 Å². The highest BCUT2D eigenvalue weighted by Gasteiger charge is 1.99. The first kappa shape index (κ1) is 8.40. The monoisotopic (exact) mass is 169 g/mol. The van der Waals surface area contributed by atoms with Crippen LogP contribution in [-0.4, -0.2) is 10.8 Å². The number of aromatic nitrogens is 1. The minimum Gasteiger partial charge on any atom is -0.300 e. The molecule has 0 N–H and O–H groups in total. The highest BCUT2D eigenvalue weighted by atomic mass is 32.1. The average Bonchev–Trinajstić information content (AvgIpc) is 2.31. The molecule has 1 rings (SSSR count). The highest BCUT2D eigenvalue weighted by Crippen LogP contribution is 2.09. The number of hydrogen-bond acceptors (Lipinski definition) is 3. The summed E-state index contributed by atoms with van der Waals surface area (Å²) in [5.41, 5.74) is 1.04. The SMILES string of the molecule is CC(=O)CCc1csc(C)n1. The fraction of sp³-hybridized carbons (Fsp3) is 0.500. The quantitative estimate of drug-likeness (QED) is 0.692. The molecule has 0 aliphatic heterocycles. The van der Waals surface area contributed by atoms with Crippen LogP contribution in [0.4, 0.5) is 0 Å². The number of thiazole rings is 1. The lowest BCUT2D eigenvalue weighted by molar-refractivity contribution is -0.116.